The first-order chi connectivity index (χ1) is 16.6. The average Bonchev–Trinajstić information content (AvgIpc) is 2.83. The van der Waals surface area contributed by atoms with E-state index in [4.69, 9.17) is 0 Å². The summed E-state index contributed by atoms with van der Waals surface area (Å²) in [5, 5.41) is 17.2. The molecule has 3 N–H and O–H groups in total. The predicted octanol–water partition coefficient (Wildman–Crippen LogP) is 3.49. The number of rotatable bonds is 10. The molecule has 10 nitrogen and oxygen atoms in total. The molecule has 0 fully saturated rings. The molecule has 0 aliphatic carbocycles. The number of benzene rings is 2. The summed E-state index contributed by atoms with van der Waals surface area (Å²) in [7, 11) is -3.74. The van der Waals surface area contributed by atoms with Gasteiger partial charge in [-0.2, -0.15) is 0 Å². The highest BCUT2D eigenvalue weighted by atomic mass is 32.2. The lowest BCUT2D eigenvalue weighted by Crippen LogP contribution is -2.35. The maximum Gasteiger partial charge on any atom is 0.293 e. The van der Waals surface area contributed by atoms with E-state index < -0.39 is 20.9 Å². The number of amides is 1. The minimum absolute atomic E-state index is 0.00738. The molecule has 11 heteroatoms. The second-order valence-electron chi connectivity index (χ2n) is 8.03. The standard InChI is InChI=1S/C24H27N5O5S/c1-16-7-8-17(2)23(14-16)35(33,34)27-13-12-26-24(30)19-9-10-21(22(15-19)29(31)32)28-18(3)20-6-4-5-11-25-20/h4-11,14-15,18,27-28H,12-13H2,1-3H3,(H,26,30). The fraction of sp³-hybridized carbons (Fsp3) is 0.250. The minimum atomic E-state index is -3.74. The van der Waals surface area contributed by atoms with Gasteiger partial charge in [0.05, 0.1) is 21.6 Å². The summed E-state index contributed by atoms with van der Waals surface area (Å²) < 4.78 is 27.6. The van der Waals surface area contributed by atoms with Crippen LogP contribution in [-0.4, -0.2) is 37.3 Å². The van der Waals surface area contributed by atoms with Gasteiger partial charge in [0.1, 0.15) is 5.69 Å². The van der Waals surface area contributed by atoms with E-state index in [1.165, 1.54) is 18.2 Å². The summed E-state index contributed by atoms with van der Waals surface area (Å²) in [6.45, 7) is 5.31. The van der Waals surface area contributed by atoms with Gasteiger partial charge in [-0.05, 0) is 62.2 Å². The summed E-state index contributed by atoms with van der Waals surface area (Å²) in [5.41, 5.74) is 2.24. The maximum atomic E-state index is 12.6. The van der Waals surface area contributed by atoms with Crippen LogP contribution in [0.15, 0.2) is 65.7 Å². The first-order valence-electron chi connectivity index (χ1n) is 10.9. The Morgan fingerprint density at radius 1 is 1.09 bits per heavy atom. The van der Waals surface area contributed by atoms with Crippen LogP contribution >= 0.6 is 0 Å². The Morgan fingerprint density at radius 3 is 2.54 bits per heavy atom. The third kappa shape index (κ3) is 6.61. The lowest BCUT2D eigenvalue weighted by atomic mass is 10.1. The Morgan fingerprint density at radius 2 is 1.86 bits per heavy atom. The molecule has 0 spiro atoms. The van der Waals surface area contributed by atoms with Gasteiger partial charge < -0.3 is 10.6 Å². The molecule has 1 heterocycles. The van der Waals surface area contributed by atoms with Crippen LogP contribution in [0.25, 0.3) is 0 Å². The predicted molar refractivity (Wildman–Crippen MR) is 133 cm³/mol. The fourth-order valence-electron chi connectivity index (χ4n) is 3.42. The third-order valence-corrected chi connectivity index (χ3v) is 6.90. The largest absolute Gasteiger partial charge is 0.371 e. The molecule has 0 saturated heterocycles. The van der Waals surface area contributed by atoms with Crippen molar-refractivity contribution < 1.29 is 18.1 Å². The van der Waals surface area contributed by atoms with Crippen molar-refractivity contribution in [3.8, 4) is 0 Å². The van der Waals surface area contributed by atoms with E-state index in [1.54, 1.807) is 44.3 Å². The van der Waals surface area contributed by atoms with Crippen LogP contribution in [0.3, 0.4) is 0 Å². The highest BCUT2D eigenvalue weighted by Crippen LogP contribution is 2.29. The number of sulfonamides is 1. The number of carbonyl (C=O) groups is 1. The summed E-state index contributed by atoms with van der Waals surface area (Å²) in [6, 6.07) is 14.4. The summed E-state index contributed by atoms with van der Waals surface area (Å²) >= 11 is 0. The summed E-state index contributed by atoms with van der Waals surface area (Å²) in [4.78, 5) is 28.0. The smallest absolute Gasteiger partial charge is 0.293 e. The topological polar surface area (TPSA) is 143 Å². The van der Waals surface area contributed by atoms with Gasteiger partial charge in [0.25, 0.3) is 11.6 Å². The van der Waals surface area contributed by atoms with E-state index in [0.717, 1.165) is 5.56 Å². The van der Waals surface area contributed by atoms with Crippen molar-refractivity contribution in [2.45, 2.75) is 31.7 Å². The number of aryl methyl sites for hydroxylation is 2. The zero-order valence-corrected chi connectivity index (χ0v) is 20.4. The molecular weight excluding hydrogens is 470 g/mol. The van der Waals surface area contributed by atoms with Gasteiger partial charge in [0, 0.05) is 30.9 Å². The number of nitro benzene ring substituents is 1. The SMILES string of the molecule is Cc1ccc(C)c(S(=O)(=O)NCCNC(=O)c2ccc(NC(C)c3ccccn3)c([N+](=O)[O-])c2)c1. The second-order valence-corrected chi connectivity index (χ2v) is 9.77. The molecule has 0 aliphatic heterocycles. The average molecular weight is 498 g/mol. The van der Waals surface area contributed by atoms with Crippen molar-refractivity contribution in [2.24, 2.45) is 0 Å². The lowest BCUT2D eigenvalue weighted by molar-refractivity contribution is -0.384. The number of hydrogen-bond donors (Lipinski definition) is 3. The van der Waals surface area contributed by atoms with Crippen molar-refractivity contribution in [3.05, 3.63) is 93.3 Å². The van der Waals surface area contributed by atoms with E-state index >= 15 is 0 Å². The Labute approximate surface area is 204 Å². The van der Waals surface area contributed by atoms with Crippen LogP contribution in [0.2, 0.25) is 0 Å². The van der Waals surface area contributed by atoms with Crippen LogP contribution < -0.4 is 15.4 Å². The quantitative estimate of drug-likeness (QED) is 0.221. The molecule has 3 aromatic rings. The maximum absolute atomic E-state index is 12.6. The van der Waals surface area contributed by atoms with Crippen LogP contribution in [0, 0.1) is 24.0 Å². The van der Waals surface area contributed by atoms with Crippen molar-refractivity contribution in [3.63, 3.8) is 0 Å². The second kappa shape index (κ2) is 11.1. The summed E-state index contributed by atoms with van der Waals surface area (Å²) in [5.74, 6) is -0.552. The highest BCUT2D eigenvalue weighted by molar-refractivity contribution is 7.89. The van der Waals surface area contributed by atoms with E-state index in [-0.39, 0.29) is 41.0 Å². The zero-order chi connectivity index (χ0) is 25.6. The van der Waals surface area contributed by atoms with Crippen molar-refractivity contribution in [2.75, 3.05) is 18.4 Å². The van der Waals surface area contributed by atoms with E-state index in [2.05, 4.69) is 20.3 Å². The number of nitro groups is 1. The first-order valence-corrected chi connectivity index (χ1v) is 12.4. The third-order valence-electron chi connectivity index (χ3n) is 5.30. The number of aromatic nitrogens is 1. The van der Waals surface area contributed by atoms with Gasteiger partial charge >= 0.3 is 0 Å². The molecular formula is C24H27N5O5S. The van der Waals surface area contributed by atoms with Gasteiger partial charge in [0.2, 0.25) is 10.0 Å². The molecule has 2 aromatic carbocycles. The van der Waals surface area contributed by atoms with E-state index in [9.17, 15) is 23.3 Å². The van der Waals surface area contributed by atoms with E-state index in [0.29, 0.717) is 11.3 Å². The monoisotopic (exact) mass is 497 g/mol. The van der Waals surface area contributed by atoms with Gasteiger partial charge in [-0.15, -0.1) is 0 Å². The molecule has 1 unspecified atom stereocenters. The molecule has 0 bridgehead atoms. The summed E-state index contributed by atoms with van der Waals surface area (Å²) in [6.07, 6.45) is 1.64. The van der Waals surface area contributed by atoms with E-state index in [1.807, 2.05) is 19.1 Å². The minimum Gasteiger partial charge on any atom is -0.371 e. The van der Waals surface area contributed by atoms with Crippen LogP contribution in [-0.2, 0) is 10.0 Å². The van der Waals surface area contributed by atoms with Crippen LogP contribution in [0.5, 0.6) is 0 Å². The van der Waals surface area contributed by atoms with Crippen LogP contribution in [0.1, 0.15) is 40.1 Å². The molecule has 0 aliphatic rings. The number of carbonyl (C=O) groups excluding carboxylic acids is 1. The number of nitrogens with one attached hydrogen (secondary N) is 3. The fourth-order valence-corrected chi connectivity index (χ4v) is 4.78. The highest BCUT2D eigenvalue weighted by Gasteiger charge is 2.20. The van der Waals surface area contributed by atoms with Gasteiger partial charge in [-0.3, -0.25) is 19.9 Å². The molecule has 0 saturated carbocycles. The molecule has 35 heavy (non-hydrogen) atoms. The van der Waals surface area contributed by atoms with Crippen molar-refractivity contribution in [1.29, 1.82) is 0 Å². The molecule has 3 rings (SSSR count). The Kier molecular flexibility index (Phi) is 8.15. The Balaban J connectivity index is 1.62. The van der Waals surface area contributed by atoms with Gasteiger partial charge in [-0.25, -0.2) is 13.1 Å². The zero-order valence-electron chi connectivity index (χ0n) is 19.6. The van der Waals surface area contributed by atoms with Crippen molar-refractivity contribution in [1.82, 2.24) is 15.0 Å². The van der Waals surface area contributed by atoms with Crippen LogP contribution in [0.4, 0.5) is 11.4 Å². The van der Waals surface area contributed by atoms with Gasteiger partial charge in [-0.1, -0.05) is 18.2 Å². The lowest BCUT2D eigenvalue weighted by Gasteiger charge is -2.15. The molecule has 1 amide bonds. The first kappa shape index (κ1) is 25.8. The number of nitrogens with zero attached hydrogens (tertiary/aromatic N) is 2. The number of anilines is 1. The molecule has 0 radical (unpaired) electrons. The number of pyridine rings is 1. The Hall–Kier alpha value is -3.83. The van der Waals surface area contributed by atoms with Crippen molar-refractivity contribution >= 4 is 27.3 Å². The number of hydrogen-bond acceptors (Lipinski definition) is 7. The normalized spacial score (nSPS) is 12.1. The molecule has 1 atom stereocenters. The molecule has 184 valence electrons. The molecule has 1 aromatic heterocycles. The Bertz CT molecular complexity index is 1330. The van der Waals surface area contributed by atoms with Gasteiger partial charge in [0.15, 0.2) is 0 Å².